The van der Waals surface area contributed by atoms with Crippen LogP contribution in [0.1, 0.15) is 19.3 Å². The number of thioether (sulfide) groups is 1. The third-order valence-electron chi connectivity index (χ3n) is 2.30. The fraction of sp³-hybridized carbons (Fsp3) is 0.818. The second-order valence-electron chi connectivity index (χ2n) is 3.66. The minimum absolute atomic E-state index is 0.165. The number of alkyl halides is 3. The summed E-state index contributed by atoms with van der Waals surface area (Å²) in [6.07, 6.45) is 4.31. The fourth-order valence-corrected chi connectivity index (χ4v) is 3.13. The molecule has 0 spiro atoms. The average molecular weight is 966 g/mol. The van der Waals surface area contributed by atoms with Crippen molar-refractivity contribution in [2.45, 2.75) is 28.8 Å². The molecule has 0 amide bonds. The van der Waals surface area contributed by atoms with E-state index in [4.69, 9.17) is 5.11 Å². The van der Waals surface area contributed by atoms with Crippen LogP contribution in [0.3, 0.4) is 0 Å². The Bertz CT molecular complexity index is 324. The molecule has 0 saturated heterocycles. The molecule has 0 bridgehead atoms. The van der Waals surface area contributed by atoms with E-state index >= 15 is 0 Å². The molecule has 0 heterocycles. The van der Waals surface area contributed by atoms with Gasteiger partial charge in [0.1, 0.15) is 9.57 Å². The standard InChI is InChI=1S/C5H8Br2O2.C5H8O2S.CH3I.3HI.V/c1-9-5(8)4(7)2-3-6;1-8-5(2-3-5)4(6)7;1-2;;;;/h4H,2-3H2,1H3;2-3H2,1H3,(H,6,7);1H3;3*1H;/q;;;;;;+3/p-3. The van der Waals surface area contributed by atoms with Crippen molar-refractivity contribution in [3.8, 4) is 0 Å². The van der Waals surface area contributed by atoms with E-state index in [-0.39, 0.29) is 20.5 Å². The fourth-order valence-electron chi connectivity index (χ4n) is 0.960. The van der Waals surface area contributed by atoms with E-state index in [0.717, 1.165) is 24.6 Å². The van der Waals surface area contributed by atoms with Gasteiger partial charge in [-0.15, -0.1) is 11.8 Å². The van der Waals surface area contributed by atoms with E-state index in [1.54, 1.807) is 0 Å². The predicted octanol–water partition coefficient (Wildman–Crippen LogP) is 6.38. The van der Waals surface area contributed by atoms with Gasteiger partial charge in [-0.2, -0.15) is 0 Å². The SMILES string of the molecule is CI.COC(=O)C(Br)CCBr.CSC1(C(=O)O)CC1.[I][V]([I])[I]. The van der Waals surface area contributed by atoms with Crippen molar-refractivity contribution in [3.05, 3.63) is 0 Å². The molecule has 0 aliphatic heterocycles. The number of esters is 1. The molecule has 0 aromatic heterocycles. The Morgan fingerprint density at radius 2 is 1.74 bits per heavy atom. The molecule has 0 aromatic rings. The number of ether oxygens (including phenoxy) is 1. The third-order valence-corrected chi connectivity index (χ3v) is 4.96. The van der Waals surface area contributed by atoms with Crippen molar-refractivity contribution < 1.29 is 24.4 Å². The van der Waals surface area contributed by atoms with Gasteiger partial charge in [0.05, 0.1) is 7.11 Å². The Morgan fingerprint density at radius 3 is 1.87 bits per heavy atom. The number of hydrogen-bond donors (Lipinski definition) is 1. The number of carboxylic acids is 1. The van der Waals surface area contributed by atoms with Crippen LogP contribution in [0.25, 0.3) is 0 Å². The number of aliphatic carboxylic acids is 1. The summed E-state index contributed by atoms with van der Waals surface area (Å²) < 4.78 is 4.08. The van der Waals surface area contributed by atoms with Crippen LogP contribution in [0, 0.1) is 0 Å². The van der Waals surface area contributed by atoms with Crippen molar-refractivity contribution in [1.82, 2.24) is 0 Å². The Hall–Kier alpha value is 3.75. The quantitative estimate of drug-likeness (QED) is 0.197. The van der Waals surface area contributed by atoms with Gasteiger partial charge in [0.2, 0.25) is 0 Å². The molecule has 1 saturated carbocycles. The molecule has 4 nitrogen and oxygen atoms in total. The number of carbonyl (C=O) groups excluding carboxylic acids is 1. The summed E-state index contributed by atoms with van der Waals surface area (Å²) in [5, 5.41) is 9.29. The van der Waals surface area contributed by atoms with E-state index in [0.29, 0.717) is 0 Å². The molecular weight excluding hydrogens is 947 g/mol. The van der Waals surface area contributed by atoms with Crippen LogP contribution in [0.15, 0.2) is 0 Å². The van der Waals surface area contributed by atoms with Gasteiger partial charge < -0.3 is 9.84 Å². The van der Waals surface area contributed by atoms with Crippen LogP contribution in [-0.2, 0) is 19.2 Å². The van der Waals surface area contributed by atoms with Gasteiger partial charge in [0.25, 0.3) is 0 Å². The summed E-state index contributed by atoms with van der Waals surface area (Å²) in [5.74, 6) is -0.862. The van der Waals surface area contributed by atoms with Gasteiger partial charge in [-0.1, -0.05) is 54.5 Å². The van der Waals surface area contributed by atoms with Gasteiger partial charge in [-0.3, -0.25) is 9.59 Å². The Balaban J connectivity index is -0.000000262. The van der Waals surface area contributed by atoms with Crippen LogP contribution >= 0.6 is 126 Å². The average Bonchev–Trinajstić information content (AvgIpc) is 3.30. The first kappa shape index (κ1) is 31.4. The van der Waals surface area contributed by atoms with E-state index in [9.17, 15) is 9.59 Å². The van der Waals surface area contributed by atoms with Crippen molar-refractivity contribution in [1.29, 1.82) is 0 Å². The van der Waals surface area contributed by atoms with Crippen LogP contribution in [0.5, 0.6) is 0 Å². The Morgan fingerprint density at radius 1 is 1.35 bits per heavy atom. The van der Waals surface area contributed by atoms with E-state index in [2.05, 4.69) is 119 Å². The first-order valence-electron chi connectivity index (χ1n) is 5.88. The monoisotopic (exact) mass is 963 g/mol. The van der Waals surface area contributed by atoms with Gasteiger partial charge in [-0.25, -0.2) is 0 Å². The second kappa shape index (κ2) is 20.5. The van der Waals surface area contributed by atoms with Crippen molar-refractivity contribution in [2.24, 2.45) is 0 Å². The molecule has 1 fully saturated rings. The van der Waals surface area contributed by atoms with Crippen molar-refractivity contribution in [3.63, 3.8) is 0 Å². The molecule has 1 aliphatic carbocycles. The first-order valence-corrected chi connectivity index (χ1v) is 24.8. The molecule has 0 radical (unpaired) electrons. The molecule has 1 aliphatic rings. The molecule has 1 rings (SSSR count). The maximum atomic E-state index is 10.6. The number of hydrogen-bond acceptors (Lipinski definition) is 4. The van der Waals surface area contributed by atoms with Crippen molar-refractivity contribution in [2.75, 3.05) is 23.6 Å². The zero-order valence-corrected chi connectivity index (χ0v) is 26.7. The molecule has 23 heavy (non-hydrogen) atoms. The van der Waals surface area contributed by atoms with Crippen LogP contribution in [-0.4, -0.2) is 50.2 Å². The van der Waals surface area contributed by atoms with E-state index in [1.807, 2.05) is 11.2 Å². The van der Waals surface area contributed by atoms with E-state index < -0.39 is 5.97 Å². The summed E-state index contributed by atoms with van der Waals surface area (Å²) in [6.45, 7) is 0. The summed E-state index contributed by atoms with van der Waals surface area (Å²) >= 11 is 17.4. The molecule has 1 atom stereocenters. The summed E-state index contributed by atoms with van der Waals surface area (Å²) in [7, 11) is 1.38. The van der Waals surface area contributed by atoms with Gasteiger partial charge in [-0.05, 0) is 30.4 Å². The molecule has 1 unspecified atom stereocenters. The van der Waals surface area contributed by atoms with Crippen LogP contribution < -0.4 is 0 Å². The predicted molar refractivity (Wildman–Crippen MR) is 138 cm³/mol. The molecule has 0 aromatic carbocycles. The third kappa shape index (κ3) is 20.3. The second-order valence-corrected chi connectivity index (χ2v) is 42.1. The zero-order valence-electron chi connectivity index (χ0n) is 12.7. The zero-order chi connectivity index (χ0) is 19.1. The van der Waals surface area contributed by atoms with Crippen LogP contribution in [0.4, 0.5) is 0 Å². The molecule has 1 N–H and O–H groups in total. The molecule has 140 valence electrons. The van der Waals surface area contributed by atoms with Crippen LogP contribution in [0.2, 0.25) is 0 Å². The van der Waals surface area contributed by atoms with E-state index in [1.165, 1.54) is 18.9 Å². The maximum absolute atomic E-state index is 10.6. The topological polar surface area (TPSA) is 63.6 Å². The number of methoxy groups -OCH3 is 1. The van der Waals surface area contributed by atoms with Gasteiger partial charge >= 0.3 is 76.8 Å². The first-order chi connectivity index (χ1) is 10.7. The normalized spacial score (nSPS) is 14.7. The summed E-state index contributed by atoms with van der Waals surface area (Å²) in [4.78, 5) is 22.4. The molecule has 12 heteroatoms. The summed E-state index contributed by atoms with van der Waals surface area (Å²) in [6, 6.07) is 0. The number of carbonyl (C=O) groups is 2. The van der Waals surface area contributed by atoms with Gasteiger partial charge in [0.15, 0.2) is 0 Å². The molecular formula is C11H19Br2I4O4SV. The number of halogens is 6. The summed E-state index contributed by atoms with van der Waals surface area (Å²) in [5.41, 5.74) is 0. The Kier molecular flexibility index (Phi) is 28.0. The number of rotatable bonds is 5. The van der Waals surface area contributed by atoms with Crippen molar-refractivity contribution >= 4 is 138 Å². The van der Waals surface area contributed by atoms with Gasteiger partial charge in [0, 0.05) is 5.33 Å². The Labute approximate surface area is 211 Å². The minimum atomic E-state index is -0.648. The number of carboxylic acid groups (broad SMARTS) is 1.